The Morgan fingerprint density at radius 2 is 1.38 bits per heavy atom. The van der Waals surface area contributed by atoms with E-state index in [4.69, 9.17) is 0 Å². The molecule has 0 fully saturated rings. The molecule has 9 heteroatoms. The van der Waals surface area contributed by atoms with E-state index in [2.05, 4.69) is 41.8 Å². The van der Waals surface area contributed by atoms with Crippen LogP contribution >= 0.6 is 7.81 Å². The van der Waals surface area contributed by atoms with E-state index in [1.807, 2.05) is 0 Å². The van der Waals surface area contributed by atoms with Gasteiger partial charge in [-0.1, -0.05) is 32.6 Å². The first-order valence-corrected chi connectivity index (χ1v) is 8.88. The standard InChI is InChI=1S/C12H23N2.F6P/c1-3-4-5-6-7-8-9-14-11-10-13(2)12-14;1-7(2,3,4,5)6/h10-12H,3-9H2,1-2H3;/q+1;-1. The molecular weight excluding hydrogens is 317 g/mol. The number of aryl methyl sites for hydroxylation is 2. The number of halogens is 6. The summed E-state index contributed by atoms with van der Waals surface area (Å²) in [6, 6.07) is 0. The van der Waals surface area contributed by atoms with E-state index < -0.39 is 7.81 Å². The van der Waals surface area contributed by atoms with Gasteiger partial charge in [0.05, 0.1) is 13.6 Å². The number of unbranched alkanes of at least 4 members (excludes halogenated alkanes) is 5. The van der Waals surface area contributed by atoms with Crippen LogP contribution in [0.3, 0.4) is 0 Å². The van der Waals surface area contributed by atoms with Gasteiger partial charge in [-0.3, -0.25) is 0 Å². The van der Waals surface area contributed by atoms with Gasteiger partial charge in [0, 0.05) is 0 Å². The van der Waals surface area contributed by atoms with Crippen molar-refractivity contribution in [1.82, 2.24) is 4.57 Å². The third-order valence-corrected chi connectivity index (χ3v) is 2.59. The Balaban J connectivity index is 0.000000486. The molecule has 0 unspecified atom stereocenters. The van der Waals surface area contributed by atoms with Gasteiger partial charge in [0.1, 0.15) is 12.4 Å². The zero-order valence-corrected chi connectivity index (χ0v) is 13.2. The Morgan fingerprint density at radius 1 is 0.905 bits per heavy atom. The number of hydrogen-bond acceptors (Lipinski definition) is 0. The van der Waals surface area contributed by atoms with Gasteiger partial charge < -0.3 is 0 Å². The summed E-state index contributed by atoms with van der Waals surface area (Å²) >= 11 is 0. The van der Waals surface area contributed by atoms with Crippen molar-refractivity contribution in [2.75, 3.05) is 0 Å². The molecule has 128 valence electrons. The normalized spacial score (nSPS) is 14.9. The summed E-state index contributed by atoms with van der Waals surface area (Å²) < 4.78 is 63.6. The first-order valence-electron chi connectivity index (χ1n) is 6.85. The molecule has 0 aromatic carbocycles. The monoisotopic (exact) mass is 340 g/mol. The topological polar surface area (TPSA) is 8.81 Å². The SMILES string of the molecule is CCCCCCCCn1cc[n+](C)c1.F[P-](F)(F)(F)(F)F. The van der Waals surface area contributed by atoms with Crippen LogP contribution in [0.2, 0.25) is 0 Å². The fourth-order valence-corrected chi connectivity index (χ4v) is 1.71. The molecule has 0 N–H and O–H groups in total. The molecule has 21 heavy (non-hydrogen) atoms. The molecule has 0 spiro atoms. The molecule has 0 aliphatic heterocycles. The van der Waals surface area contributed by atoms with Crippen molar-refractivity contribution < 1.29 is 29.7 Å². The Bertz CT molecular complexity index is 400. The molecule has 1 aromatic rings. The van der Waals surface area contributed by atoms with E-state index in [9.17, 15) is 25.2 Å². The zero-order chi connectivity index (χ0) is 16.6. The summed E-state index contributed by atoms with van der Waals surface area (Å²) in [7, 11) is -8.59. The van der Waals surface area contributed by atoms with Gasteiger partial charge in [0.2, 0.25) is 6.33 Å². The van der Waals surface area contributed by atoms with Crippen LogP contribution < -0.4 is 4.57 Å². The van der Waals surface area contributed by atoms with Crippen LogP contribution in [0, 0.1) is 0 Å². The Hall–Kier alpha value is -0.780. The third-order valence-electron chi connectivity index (χ3n) is 2.59. The quantitative estimate of drug-likeness (QED) is 0.247. The molecule has 2 nitrogen and oxygen atoms in total. The van der Waals surface area contributed by atoms with Crippen LogP contribution in [0.15, 0.2) is 18.7 Å². The van der Waals surface area contributed by atoms with E-state index in [1.165, 1.54) is 45.1 Å². The van der Waals surface area contributed by atoms with E-state index >= 15 is 0 Å². The second kappa shape index (κ2) is 6.99. The van der Waals surface area contributed by atoms with Crippen molar-refractivity contribution >= 4 is 7.81 Å². The van der Waals surface area contributed by atoms with Crippen molar-refractivity contribution in [3.63, 3.8) is 0 Å². The van der Waals surface area contributed by atoms with Gasteiger partial charge in [-0.25, -0.2) is 9.13 Å². The summed E-state index contributed by atoms with van der Waals surface area (Å²) in [5.41, 5.74) is 0. The summed E-state index contributed by atoms with van der Waals surface area (Å²) in [5.74, 6) is 0. The summed E-state index contributed by atoms with van der Waals surface area (Å²) in [6.07, 6.45) is 14.6. The van der Waals surface area contributed by atoms with Gasteiger partial charge >= 0.3 is 33.0 Å². The van der Waals surface area contributed by atoms with Gasteiger partial charge in [-0.15, -0.1) is 0 Å². The fourth-order valence-electron chi connectivity index (χ4n) is 1.71. The van der Waals surface area contributed by atoms with Crippen molar-refractivity contribution in [3.05, 3.63) is 18.7 Å². The summed E-state index contributed by atoms with van der Waals surface area (Å²) in [4.78, 5) is 0. The number of aromatic nitrogens is 2. The fraction of sp³-hybridized carbons (Fsp3) is 0.750. The van der Waals surface area contributed by atoms with Crippen molar-refractivity contribution in [2.24, 2.45) is 7.05 Å². The number of nitrogens with zero attached hydrogens (tertiary/aromatic N) is 2. The molecule has 0 saturated heterocycles. The summed E-state index contributed by atoms with van der Waals surface area (Å²) in [6.45, 7) is 3.44. The minimum atomic E-state index is -10.7. The number of rotatable bonds is 7. The average molecular weight is 340 g/mol. The molecule has 1 rings (SSSR count). The van der Waals surface area contributed by atoms with Crippen LogP contribution in [0.5, 0.6) is 0 Å². The predicted octanol–water partition coefficient (Wildman–Crippen LogP) is 6.06. The molecule has 0 bridgehead atoms. The van der Waals surface area contributed by atoms with Gasteiger partial charge in [0.15, 0.2) is 0 Å². The van der Waals surface area contributed by atoms with Crippen LogP contribution in [0.1, 0.15) is 45.4 Å². The maximum atomic E-state index is 9.87. The molecule has 0 aliphatic rings. The molecule has 1 heterocycles. The van der Waals surface area contributed by atoms with Crippen LogP contribution in [0.25, 0.3) is 0 Å². The van der Waals surface area contributed by atoms with Gasteiger partial charge in [0.25, 0.3) is 0 Å². The van der Waals surface area contributed by atoms with E-state index in [1.54, 1.807) is 0 Å². The van der Waals surface area contributed by atoms with Crippen molar-refractivity contribution in [3.8, 4) is 0 Å². The predicted molar refractivity (Wildman–Crippen MR) is 72.6 cm³/mol. The van der Waals surface area contributed by atoms with Gasteiger partial charge in [-0.2, -0.15) is 0 Å². The van der Waals surface area contributed by atoms with Crippen molar-refractivity contribution in [2.45, 2.75) is 52.0 Å². The molecule has 0 amide bonds. The second-order valence-corrected chi connectivity index (χ2v) is 6.96. The molecule has 1 aromatic heterocycles. The average Bonchev–Trinajstić information content (AvgIpc) is 2.65. The van der Waals surface area contributed by atoms with Crippen LogP contribution in [-0.2, 0) is 13.6 Å². The Kier molecular flexibility index (Phi) is 6.73. The van der Waals surface area contributed by atoms with Crippen LogP contribution in [0.4, 0.5) is 25.2 Å². The first kappa shape index (κ1) is 20.2. The molecule has 0 atom stereocenters. The molecule has 0 saturated carbocycles. The Morgan fingerprint density at radius 3 is 1.81 bits per heavy atom. The van der Waals surface area contributed by atoms with E-state index in [0.29, 0.717) is 0 Å². The van der Waals surface area contributed by atoms with Crippen molar-refractivity contribution in [1.29, 1.82) is 0 Å². The Labute approximate surface area is 121 Å². The van der Waals surface area contributed by atoms with E-state index in [0.717, 1.165) is 0 Å². The molecular formula is C12H23F6N2P. The summed E-state index contributed by atoms with van der Waals surface area (Å²) in [5, 5.41) is 0. The van der Waals surface area contributed by atoms with Crippen LogP contribution in [-0.4, -0.2) is 4.57 Å². The van der Waals surface area contributed by atoms with Gasteiger partial charge in [-0.05, 0) is 12.8 Å². The molecule has 0 aliphatic carbocycles. The third kappa shape index (κ3) is 21.7. The second-order valence-electron chi connectivity index (χ2n) is 5.04. The van der Waals surface area contributed by atoms with E-state index in [-0.39, 0.29) is 0 Å². The molecule has 0 radical (unpaired) electrons. The number of imidazole rings is 1. The maximum absolute atomic E-state index is 10.7. The zero-order valence-electron chi connectivity index (χ0n) is 12.3. The number of hydrogen-bond donors (Lipinski definition) is 0. The minimum absolute atomic E-state index is 1.17. The first-order chi connectivity index (χ1) is 9.28.